The van der Waals surface area contributed by atoms with Crippen LogP contribution in [-0.4, -0.2) is 28.3 Å². The number of hydrogen-bond acceptors (Lipinski definition) is 4. The number of rotatable bonds is 4. The Morgan fingerprint density at radius 1 is 0.964 bits per heavy atom. The molecule has 1 unspecified atom stereocenters. The van der Waals surface area contributed by atoms with Gasteiger partial charge in [0.15, 0.2) is 0 Å². The Bertz CT molecular complexity index is 1070. The zero-order valence-electron chi connectivity index (χ0n) is 14.7. The predicted molar refractivity (Wildman–Crippen MR) is 111 cm³/mol. The summed E-state index contributed by atoms with van der Waals surface area (Å²) in [4.78, 5) is 27.1. The minimum absolute atomic E-state index is 0.0177. The Hall–Kier alpha value is -2.83. The Morgan fingerprint density at radius 3 is 2.39 bits per heavy atom. The zero-order chi connectivity index (χ0) is 19.7. The number of para-hydroxylation sites is 1. The van der Waals surface area contributed by atoms with Crippen LogP contribution in [0.4, 0.5) is 11.4 Å². The Labute approximate surface area is 171 Å². The molecule has 28 heavy (non-hydrogen) atoms. The largest absolute Gasteiger partial charge is 0.371 e. The molecule has 1 saturated heterocycles. The highest BCUT2D eigenvalue weighted by molar-refractivity contribution is 6.33. The van der Waals surface area contributed by atoms with Gasteiger partial charge in [-0.15, -0.1) is 0 Å². The van der Waals surface area contributed by atoms with E-state index in [1.165, 1.54) is 10.9 Å². The van der Waals surface area contributed by atoms with Crippen molar-refractivity contribution in [1.82, 2.24) is 9.78 Å². The van der Waals surface area contributed by atoms with Crippen LogP contribution >= 0.6 is 23.2 Å². The van der Waals surface area contributed by atoms with E-state index in [1.54, 1.807) is 29.2 Å². The number of carbonyl (C=O) groups excluding carboxylic acids is 1. The van der Waals surface area contributed by atoms with Gasteiger partial charge in [0.1, 0.15) is 11.1 Å². The van der Waals surface area contributed by atoms with E-state index in [0.717, 1.165) is 5.69 Å². The van der Waals surface area contributed by atoms with Crippen molar-refractivity contribution in [2.75, 3.05) is 16.8 Å². The molecule has 8 heteroatoms. The topological polar surface area (TPSA) is 67.2 Å². The highest BCUT2D eigenvalue weighted by Crippen LogP contribution is 2.25. The third-order valence-electron chi connectivity index (χ3n) is 4.59. The first-order valence-electron chi connectivity index (χ1n) is 8.71. The molecule has 1 fully saturated rings. The maximum atomic E-state index is 12.7. The monoisotopic (exact) mass is 414 g/mol. The number of nitrogens with one attached hydrogen (secondary N) is 1. The number of amides is 1. The molecule has 0 radical (unpaired) electrons. The normalized spacial score (nSPS) is 16.4. The number of benzene rings is 2. The molecule has 0 aliphatic carbocycles. The molecule has 142 valence electrons. The van der Waals surface area contributed by atoms with Gasteiger partial charge < -0.3 is 10.2 Å². The molecule has 1 atom stereocenters. The summed E-state index contributed by atoms with van der Waals surface area (Å²) in [5.41, 5.74) is 1.26. The minimum Gasteiger partial charge on any atom is -0.371 e. The minimum atomic E-state index is -0.473. The van der Waals surface area contributed by atoms with Crippen molar-refractivity contribution in [2.24, 2.45) is 0 Å². The Morgan fingerprint density at radius 2 is 1.68 bits per heavy atom. The molecule has 2 heterocycles. The van der Waals surface area contributed by atoms with E-state index in [1.807, 2.05) is 30.3 Å². The molecule has 1 N–H and O–H groups in total. The lowest BCUT2D eigenvalue weighted by Gasteiger charge is -2.18. The molecule has 3 aromatic rings. The lowest BCUT2D eigenvalue weighted by molar-refractivity contribution is -0.117. The van der Waals surface area contributed by atoms with Gasteiger partial charge in [-0.25, -0.2) is 0 Å². The summed E-state index contributed by atoms with van der Waals surface area (Å²) in [6.07, 6.45) is 2.06. The first-order valence-corrected chi connectivity index (χ1v) is 9.47. The number of carbonyl (C=O) groups is 1. The fraction of sp³-hybridized carbons (Fsp3) is 0.150. The van der Waals surface area contributed by atoms with Crippen LogP contribution in [-0.2, 0) is 4.79 Å². The van der Waals surface area contributed by atoms with Gasteiger partial charge in [0.05, 0.1) is 17.6 Å². The molecule has 1 aromatic heterocycles. The maximum absolute atomic E-state index is 12.7. The van der Waals surface area contributed by atoms with Gasteiger partial charge in [-0.05, 0) is 42.8 Å². The van der Waals surface area contributed by atoms with Crippen molar-refractivity contribution < 1.29 is 4.79 Å². The van der Waals surface area contributed by atoms with E-state index in [9.17, 15) is 9.59 Å². The van der Waals surface area contributed by atoms with Crippen LogP contribution in [0.25, 0.3) is 5.69 Å². The summed E-state index contributed by atoms with van der Waals surface area (Å²) in [5, 5.41) is 7.78. The number of nitrogens with zero attached hydrogens (tertiary/aromatic N) is 3. The summed E-state index contributed by atoms with van der Waals surface area (Å²) in [7, 11) is 0. The molecule has 1 amide bonds. The standard InChI is InChI=1S/C20H16Cl2N4O2/c21-13-6-8-15(9-7-13)26-20(28)18(22)17(12-23-26)24-16-10-11-25(19(16)27)14-4-2-1-3-5-14/h1-9,12,16,24H,10-11H2. The van der Waals surface area contributed by atoms with Crippen molar-refractivity contribution in [3.63, 3.8) is 0 Å². The lowest BCUT2D eigenvalue weighted by atomic mass is 10.2. The van der Waals surface area contributed by atoms with E-state index in [2.05, 4.69) is 10.4 Å². The average Bonchev–Trinajstić information content (AvgIpc) is 3.07. The lowest BCUT2D eigenvalue weighted by Crippen LogP contribution is -2.34. The second kappa shape index (κ2) is 7.66. The predicted octanol–water partition coefficient (Wildman–Crippen LogP) is 3.76. The third kappa shape index (κ3) is 3.48. The van der Waals surface area contributed by atoms with Crippen LogP contribution < -0.4 is 15.8 Å². The molecule has 2 aromatic carbocycles. The molecule has 0 bridgehead atoms. The molecule has 0 saturated carbocycles. The highest BCUT2D eigenvalue weighted by Gasteiger charge is 2.33. The van der Waals surface area contributed by atoms with Gasteiger partial charge >= 0.3 is 0 Å². The fourth-order valence-corrected chi connectivity index (χ4v) is 3.47. The maximum Gasteiger partial charge on any atom is 0.292 e. The molecular weight excluding hydrogens is 399 g/mol. The Balaban J connectivity index is 1.56. The first kappa shape index (κ1) is 18.5. The SMILES string of the molecule is O=C1C(Nc2cnn(-c3ccc(Cl)cc3)c(=O)c2Cl)CCN1c1ccccc1. The van der Waals surface area contributed by atoms with Crippen molar-refractivity contribution in [3.05, 3.63) is 81.2 Å². The molecule has 1 aliphatic rings. The van der Waals surface area contributed by atoms with Gasteiger partial charge in [0.25, 0.3) is 5.56 Å². The van der Waals surface area contributed by atoms with E-state index < -0.39 is 11.6 Å². The van der Waals surface area contributed by atoms with E-state index in [-0.39, 0.29) is 10.9 Å². The van der Waals surface area contributed by atoms with Crippen molar-refractivity contribution >= 4 is 40.5 Å². The van der Waals surface area contributed by atoms with E-state index in [0.29, 0.717) is 29.4 Å². The van der Waals surface area contributed by atoms with Crippen molar-refractivity contribution in [2.45, 2.75) is 12.5 Å². The number of halogens is 2. The van der Waals surface area contributed by atoms with Crippen LogP contribution in [0.15, 0.2) is 65.6 Å². The first-order chi connectivity index (χ1) is 13.5. The summed E-state index contributed by atoms with van der Waals surface area (Å²) in [6, 6.07) is 15.7. The Kier molecular flexibility index (Phi) is 5.07. The number of aromatic nitrogens is 2. The second-order valence-electron chi connectivity index (χ2n) is 6.38. The van der Waals surface area contributed by atoms with Crippen LogP contribution in [0.2, 0.25) is 10.0 Å². The van der Waals surface area contributed by atoms with Gasteiger partial charge in [-0.1, -0.05) is 41.4 Å². The van der Waals surface area contributed by atoms with Crippen LogP contribution in [0.1, 0.15) is 6.42 Å². The quantitative estimate of drug-likeness (QED) is 0.705. The van der Waals surface area contributed by atoms with Gasteiger partial charge in [0.2, 0.25) is 5.91 Å². The van der Waals surface area contributed by atoms with Gasteiger partial charge in [-0.2, -0.15) is 9.78 Å². The molecular formula is C20H16Cl2N4O2. The smallest absolute Gasteiger partial charge is 0.292 e. The van der Waals surface area contributed by atoms with Crippen LogP contribution in [0.3, 0.4) is 0 Å². The summed E-state index contributed by atoms with van der Waals surface area (Å²) < 4.78 is 1.19. The highest BCUT2D eigenvalue weighted by atomic mass is 35.5. The van der Waals surface area contributed by atoms with Crippen LogP contribution in [0, 0.1) is 0 Å². The molecule has 6 nitrogen and oxygen atoms in total. The molecule has 0 spiro atoms. The average molecular weight is 415 g/mol. The van der Waals surface area contributed by atoms with Crippen molar-refractivity contribution in [3.8, 4) is 5.69 Å². The number of anilines is 2. The van der Waals surface area contributed by atoms with Crippen molar-refractivity contribution in [1.29, 1.82) is 0 Å². The molecule has 1 aliphatic heterocycles. The molecule has 4 rings (SSSR count). The zero-order valence-corrected chi connectivity index (χ0v) is 16.2. The van der Waals surface area contributed by atoms with Gasteiger partial charge in [0, 0.05) is 17.3 Å². The van der Waals surface area contributed by atoms with Crippen LogP contribution in [0.5, 0.6) is 0 Å². The van der Waals surface area contributed by atoms with E-state index in [4.69, 9.17) is 23.2 Å². The fourth-order valence-electron chi connectivity index (χ4n) is 3.17. The summed E-state index contributed by atoms with van der Waals surface area (Å²) in [6.45, 7) is 0.591. The summed E-state index contributed by atoms with van der Waals surface area (Å²) >= 11 is 12.2. The third-order valence-corrected chi connectivity index (χ3v) is 5.21. The van der Waals surface area contributed by atoms with E-state index >= 15 is 0 Å². The second-order valence-corrected chi connectivity index (χ2v) is 7.19. The van der Waals surface area contributed by atoms with Gasteiger partial charge in [-0.3, -0.25) is 9.59 Å². The number of hydrogen-bond donors (Lipinski definition) is 1. The summed E-state index contributed by atoms with van der Waals surface area (Å²) in [5.74, 6) is -0.0656.